The minimum Gasteiger partial charge on any atom is -0.453 e. The average Bonchev–Trinajstić information content (AvgIpc) is 3.21. The molecule has 0 spiro atoms. The van der Waals surface area contributed by atoms with E-state index >= 15 is 0 Å². The van der Waals surface area contributed by atoms with E-state index in [-0.39, 0.29) is 11.2 Å². The van der Waals surface area contributed by atoms with Gasteiger partial charge in [0.05, 0.1) is 18.1 Å². The first-order valence-electron chi connectivity index (χ1n) is 8.85. The maximum absolute atomic E-state index is 14.3. The third kappa shape index (κ3) is 3.96. The van der Waals surface area contributed by atoms with Crippen molar-refractivity contribution in [2.45, 2.75) is 32.7 Å². The van der Waals surface area contributed by atoms with E-state index in [9.17, 15) is 4.39 Å². The van der Waals surface area contributed by atoms with Crippen LogP contribution in [0.25, 0.3) is 4.96 Å². The van der Waals surface area contributed by atoms with Gasteiger partial charge in [-0.25, -0.2) is 13.9 Å². The van der Waals surface area contributed by atoms with Gasteiger partial charge in [0.15, 0.2) is 11.6 Å². The predicted molar refractivity (Wildman–Crippen MR) is 108 cm³/mol. The Morgan fingerprint density at radius 2 is 2.11 bits per heavy atom. The molecule has 0 unspecified atom stereocenters. The molecule has 3 aromatic heterocycles. The number of halogens is 1. The van der Waals surface area contributed by atoms with E-state index in [1.807, 2.05) is 12.3 Å². The third-order valence-corrected chi connectivity index (χ3v) is 4.99. The summed E-state index contributed by atoms with van der Waals surface area (Å²) in [6.07, 6.45) is 5.12. The largest absolute Gasteiger partial charge is 0.453 e. The second-order valence-electron chi connectivity index (χ2n) is 7.42. The predicted octanol–water partition coefficient (Wildman–Crippen LogP) is 5.03. The molecule has 6 nitrogen and oxygen atoms in total. The molecule has 0 saturated heterocycles. The normalized spacial score (nSPS) is 11.7. The second kappa shape index (κ2) is 7.20. The van der Waals surface area contributed by atoms with Crippen LogP contribution in [0.1, 0.15) is 32.0 Å². The van der Waals surface area contributed by atoms with Crippen molar-refractivity contribution in [2.75, 3.05) is 5.32 Å². The van der Waals surface area contributed by atoms with Gasteiger partial charge in [-0.3, -0.25) is 4.98 Å². The Morgan fingerprint density at radius 3 is 2.79 bits per heavy atom. The summed E-state index contributed by atoms with van der Waals surface area (Å²) in [4.78, 5) is 9.41. The molecule has 4 aromatic rings. The molecule has 0 saturated carbocycles. The summed E-state index contributed by atoms with van der Waals surface area (Å²) in [5.74, 6) is 0.235. The van der Waals surface area contributed by atoms with Crippen molar-refractivity contribution in [3.63, 3.8) is 0 Å². The quantitative estimate of drug-likeness (QED) is 0.512. The van der Waals surface area contributed by atoms with E-state index in [0.29, 0.717) is 12.3 Å². The van der Waals surface area contributed by atoms with Crippen molar-refractivity contribution in [1.82, 2.24) is 19.6 Å². The number of fused-ring (bicyclic) bond motifs is 1. The van der Waals surface area contributed by atoms with Gasteiger partial charge in [0.1, 0.15) is 5.75 Å². The molecular weight excluding hydrogens is 377 g/mol. The molecule has 28 heavy (non-hydrogen) atoms. The third-order valence-electron chi connectivity index (χ3n) is 4.11. The van der Waals surface area contributed by atoms with Crippen LogP contribution in [-0.2, 0) is 12.0 Å². The number of imidazole rings is 1. The zero-order valence-corrected chi connectivity index (χ0v) is 16.6. The Hall–Kier alpha value is -3.00. The van der Waals surface area contributed by atoms with Crippen LogP contribution in [0.15, 0.2) is 48.9 Å². The topological polar surface area (TPSA) is 64.3 Å². The van der Waals surface area contributed by atoms with Crippen molar-refractivity contribution in [3.8, 4) is 11.5 Å². The Labute approximate surface area is 166 Å². The van der Waals surface area contributed by atoms with E-state index in [1.165, 1.54) is 17.4 Å². The highest BCUT2D eigenvalue weighted by molar-refractivity contribution is 7.20. The maximum atomic E-state index is 14.3. The highest BCUT2D eigenvalue weighted by Gasteiger charge is 2.19. The molecular formula is C20H20FN5OS. The number of anilines is 1. The molecule has 0 radical (unpaired) electrons. The van der Waals surface area contributed by atoms with Crippen LogP contribution < -0.4 is 10.1 Å². The van der Waals surface area contributed by atoms with Crippen molar-refractivity contribution >= 4 is 21.4 Å². The van der Waals surface area contributed by atoms with Gasteiger partial charge in [-0.15, -0.1) is 5.10 Å². The lowest BCUT2D eigenvalue weighted by Crippen LogP contribution is -2.11. The fourth-order valence-corrected chi connectivity index (χ4v) is 3.36. The SMILES string of the molecule is CC(C)(C)c1cn2nc(NCc3ccc(Oc4cccnc4)c(F)c3)sc2n1. The van der Waals surface area contributed by atoms with E-state index in [2.05, 4.69) is 41.2 Å². The van der Waals surface area contributed by atoms with Gasteiger partial charge < -0.3 is 10.1 Å². The van der Waals surface area contributed by atoms with Crippen LogP contribution in [0.3, 0.4) is 0 Å². The van der Waals surface area contributed by atoms with Crippen LogP contribution in [-0.4, -0.2) is 19.6 Å². The lowest BCUT2D eigenvalue weighted by atomic mass is 9.93. The van der Waals surface area contributed by atoms with Gasteiger partial charge in [-0.2, -0.15) is 0 Å². The van der Waals surface area contributed by atoms with Crippen LogP contribution in [0.5, 0.6) is 11.5 Å². The van der Waals surface area contributed by atoms with E-state index in [1.54, 1.807) is 35.1 Å². The molecule has 1 aromatic carbocycles. The summed E-state index contributed by atoms with van der Waals surface area (Å²) in [5, 5.41) is 8.45. The van der Waals surface area contributed by atoms with Gasteiger partial charge in [0.2, 0.25) is 10.1 Å². The number of benzene rings is 1. The van der Waals surface area contributed by atoms with Crippen LogP contribution in [0.2, 0.25) is 0 Å². The highest BCUT2D eigenvalue weighted by Crippen LogP contribution is 2.27. The molecule has 1 N–H and O–H groups in total. The standard InChI is InChI=1S/C20H20FN5OS/c1-20(2,3)17-12-26-19(24-17)28-18(25-26)23-10-13-6-7-16(15(21)9-13)27-14-5-4-8-22-11-14/h4-9,11-12H,10H2,1-3H3,(H,23,25). The first kappa shape index (κ1) is 18.4. The lowest BCUT2D eigenvalue weighted by Gasteiger charge is -2.13. The molecule has 0 aliphatic carbocycles. The zero-order chi connectivity index (χ0) is 19.7. The van der Waals surface area contributed by atoms with E-state index in [0.717, 1.165) is 21.3 Å². The summed E-state index contributed by atoms with van der Waals surface area (Å²) in [7, 11) is 0. The summed E-state index contributed by atoms with van der Waals surface area (Å²) in [6.45, 7) is 6.81. The molecule has 0 aliphatic rings. The smallest absolute Gasteiger partial charge is 0.214 e. The number of hydrogen-bond acceptors (Lipinski definition) is 6. The molecule has 0 aliphatic heterocycles. The number of rotatable bonds is 5. The molecule has 0 fully saturated rings. The Bertz CT molecular complexity index is 1070. The number of ether oxygens (including phenoxy) is 1. The van der Waals surface area contributed by atoms with Gasteiger partial charge in [0.25, 0.3) is 0 Å². The van der Waals surface area contributed by atoms with Crippen molar-refractivity contribution in [2.24, 2.45) is 0 Å². The summed E-state index contributed by atoms with van der Waals surface area (Å²) in [6, 6.07) is 8.35. The molecule has 144 valence electrons. The minimum absolute atomic E-state index is 0.0157. The number of pyridine rings is 1. The van der Waals surface area contributed by atoms with E-state index < -0.39 is 5.82 Å². The van der Waals surface area contributed by atoms with Crippen molar-refractivity contribution in [3.05, 3.63) is 66.0 Å². The van der Waals surface area contributed by atoms with Gasteiger partial charge in [-0.1, -0.05) is 38.2 Å². The monoisotopic (exact) mass is 397 g/mol. The Balaban J connectivity index is 1.42. The highest BCUT2D eigenvalue weighted by atomic mass is 32.1. The fraction of sp³-hybridized carbons (Fsp3) is 0.250. The minimum atomic E-state index is -0.424. The molecule has 4 rings (SSSR count). The van der Waals surface area contributed by atoms with Gasteiger partial charge in [-0.05, 0) is 29.8 Å². The van der Waals surface area contributed by atoms with Crippen LogP contribution >= 0.6 is 11.3 Å². The number of hydrogen-bond donors (Lipinski definition) is 1. The van der Waals surface area contributed by atoms with Crippen molar-refractivity contribution < 1.29 is 9.13 Å². The van der Waals surface area contributed by atoms with E-state index in [4.69, 9.17) is 4.74 Å². The van der Waals surface area contributed by atoms with Crippen molar-refractivity contribution in [1.29, 1.82) is 0 Å². The first-order valence-corrected chi connectivity index (χ1v) is 9.67. The maximum Gasteiger partial charge on any atom is 0.214 e. The fourth-order valence-electron chi connectivity index (χ4n) is 2.58. The van der Waals surface area contributed by atoms with Crippen LogP contribution in [0.4, 0.5) is 9.52 Å². The molecule has 0 bridgehead atoms. The number of aromatic nitrogens is 4. The number of nitrogens with zero attached hydrogens (tertiary/aromatic N) is 4. The number of nitrogens with one attached hydrogen (secondary N) is 1. The summed E-state index contributed by atoms with van der Waals surface area (Å²) >= 11 is 1.47. The zero-order valence-electron chi connectivity index (χ0n) is 15.8. The average molecular weight is 397 g/mol. The van der Waals surface area contributed by atoms with Gasteiger partial charge in [0, 0.05) is 18.2 Å². The Kier molecular flexibility index (Phi) is 4.72. The molecule has 8 heteroatoms. The van der Waals surface area contributed by atoms with Crippen LogP contribution in [0, 0.1) is 5.82 Å². The summed E-state index contributed by atoms with van der Waals surface area (Å²) < 4.78 is 21.6. The molecule has 3 heterocycles. The molecule has 0 amide bonds. The second-order valence-corrected chi connectivity index (χ2v) is 8.38. The van der Waals surface area contributed by atoms with Gasteiger partial charge >= 0.3 is 0 Å². The summed E-state index contributed by atoms with van der Waals surface area (Å²) in [5.41, 5.74) is 1.78. The first-order chi connectivity index (χ1) is 13.4. The lowest BCUT2D eigenvalue weighted by molar-refractivity contribution is 0.440. The Morgan fingerprint density at radius 1 is 1.25 bits per heavy atom. The molecule has 0 atom stereocenters.